The van der Waals surface area contributed by atoms with Crippen LogP contribution in [0.25, 0.3) is 0 Å². The second-order valence-corrected chi connectivity index (χ2v) is 4.78. The lowest BCUT2D eigenvalue weighted by atomic mass is 9.79. The normalized spacial score (nSPS) is 18.9. The van der Waals surface area contributed by atoms with Crippen LogP contribution in [0.2, 0.25) is 0 Å². The lowest BCUT2D eigenvalue weighted by molar-refractivity contribution is 0.408. The van der Waals surface area contributed by atoms with Crippen LogP contribution in [0.4, 0.5) is 4.39 Å². The number of hydrogen-bond donors (Lipinski definition) is 1. The van der Waals surface area contributed by atoms with Gasteiger partial charge in [-0.3, -0.25) is 0 Å². The van der Waals surface area contributed by atoms with E-state index < -0.39 is 0 Å². The zero-order valence-electron chi connectivity index (χ0n) is 9.93. The predicted octanol–water partition coefficient (Wildman–Crippen LogP) is 3.25. The maximum atomic E-state index is 13.3. The number of likely N-dealkylation sites (N-methyl/N-ethyl adjacent to an activating group) is 1. The third-order valence-electron chi connectivity index (χ3n) is 3.71. The van der Waals surface area contributed by atoms with Gasteiger partial charge in [-0.2, -0.15) is 0 Å². The zero-order chi connectivity index (χ0) is 11.4. The van der Waals surface area contributed by atoms with E-state index in [1.165, 1.54) is 37.3 Å². The third kappa shape index (κ3) is 2.27. The number of hydrogen-bond acceptors (Lipinski definition) is 1. The molecule has 1 saturated carbocycles. The van der Waals surface area contributed by atoms with Gasteiger partial charge in [-0.25, -0.2) is 4.39 Å². The highest BCUT2D eigenvalue weighted by Crippen LogP contribution is 2.40. The van der Waals surface area contributed by atoms with E-state index in [0.29, 0.717) is 0 Å². The van der Waals surface area contributed by atoms with Crippen LogP contribution in [0.3, 0.4) is 0 Å². The van der Waals surface area contributed by atoms with Gasteiger partial charge in [0.2, 0.25) is 0 Å². The molecule has 2 rings (SSSR count). The summed E-state index contributed by atoms with van der Waals surface area (Å²) in [6.07, 6.45) is 4.90. The molecule has 0 heterocycles. The van der Waals surface area contributed by atoms with Crippen LogP contribution < -0.4 is 5.32 Å². The van der Waals surface area contributed by atoms with Gasteiger partial charge in [-0.15, -0.1) is 0 Å². The zero-order valence-corrected chi connectivity index (χ0v) is 9.93. The molecule has 0 saturated heterocycles. The molecule has 1 aromatic rings. The molecule has 0 radical (unpaired) electrons. The minimum Gasteiger partial charge on any atom is -0.316 e. The summed E-state index contributed by atoms with van der Waals surface area (Å²) < 4.78 is 13.3. The highest BCUT2D eigenvalue weighted by Gasteiger charge is 2.35. The molecule has 0 spiro atoms. The predicted molar refractivity (Wildman–Crippen MR) is 65.1 cm³/mol. The van der Waals surface area contributed by atoms with E-state index in [1.807, 2.05) is 6.07 Å². The van der Waals surface area contributed by atoms with Crippen molar-refractivity contribution in [3.05, 3.63) is 35.6 Å². The molecule has 88 valence electrons. The molecule has 0 aromatic heterocycles. The molecule has 1 aromatic carbocycles. The average Bonchev–Trinajstić information content (AvgIpc) is 2.76. The number of rotatable bonds is 4. The van der Waals surface area contributed by atoms with Gasteiger partial charge in [0.15, 0.2) is 0 Å². The minimum atomic E-state index is -0.111. The average molecular weight is 221 g/mol. The lowest BCUT2D eigenvalue weighted by Crippen LogP contribution is -2.35. The SMILES string of the molecule is CCNCC1(c2cccc(F)c2)CCCC1. The molecular formula is C14H20FN. The van der Waals surface area contributed by atoms with Gasteiger partial charge >= 0.3 is 0 Å². The summed E-state index contributed by atoms with van der Waals surface area (Å²) >= 11 is 0. The van der Waals surface area contributed by atoms with E-state index >= 15 is 0 Å². The molecule has 1 fully saturated rings. The Labute approximate surface area is 97.1 Å². The molecule has 16 heavy (non-hydrogen) atoms. The summed E-state index contributed by atoms with van der Waals surface area (Å²) in [4.78, 5) is 0. The molecular weight excluding hydrogens is 201 g/mol. The van der Waals surface area contributed by atoms with Crippen molar-refractivity contribution >= 4 is 0 Å². The highest BCUT2D eigenvalue weighted by atomic mass is 19.1. The first-order valence-corrected chi connectivity index (χ1v) is 6.24. The molecule has 1 nitrogen and oxygen atoms in total. The monoisotopic (exact) mass is 221 g/mol. The van der Waals surface area contributed by atoms with E-state index in [2.05, 4.69) is 18.3 Å². The van der Waals surface area contributed by atoms with Crippen molar-refractivity contribution in [1.82, 2.24) is 5.32 Å². The molecule has 0 amide bonds. The van der Waals surface area contributed by atoms with Crippen molar-refractivity contribution in [2.45, 2.75) is 38.0 Å². The quantitative estimate of drug-likeness (QED) is 0.823. The molecule has 0 aliphatic heterocycles. The summed E-state index contributed by atoms with van der Waals surface area (Å²) in [6.45, 7) is 4.08. The first-order chi connectivity index (χ1) is 7.77. The molecule has 0 bridgehead atoms. The van der Waals surface area contributed by atoms with Crippen LogP contribution >= 0.6 is 0 Å². The van der Waals surface area contributed by atoms with Gasteiger partial charge in [0, 0.05) is 12.0 Å². The smallest absolute Gasteiger partial charge is 0.123 e. The Morgan fingerprint density at radius 2 is 2.06 bits per heavy atom. The second-order valence-electron chi connectivity index (χ2n) is 4.78. The van der Waals surface area contributed by atoms with Gasteiger partial charge in [-0.1, -0.05) is 31.9 Å². The topological polar surface area (TPSA) is 12.0 Å². The maximum absolute atomic E-state index is 13.3. The van der Waals surface area contributed by atoms with Crippen LogP contribution in [0.15, 0.2) is 24.3 Å². The van der Waals surface area contributed by atoms with Crippen LogP contribution in [-0.2, 0) is 5.41 Å². The van der Waals surface area contributed by atoms with Crippen molar-refractivity contribution in [1.29, 1.82) is 0 Å². The van der Waals surface area contributed by atoms with Crippen LogP contribution in [-0.4, -0.2) is 13.1 Å². The fraction of sp³-hybridized carbons (Fsp3) is 0.571. The van der Waals surface area contributed by atoms with E-state index in [9.17, 15) is 4.39 Å². The summed E-state index contributed by atoms with van der Waals surface area (Å²) in [5.74, 6) is -0.111. The molecule has 0 unspecified atom stereocenters. The molecule has 2 heteroatoms. The lowest BCUT2D eigenvalue weighted by Gasteiger charge is -2.30. The molecule has 0 atom stereocenters. The number of halogens is 1. The van der Waals surface area contributed by atoms with Crippen molar-refractivity contribution in [2.24, 2.45) is 0 Å². The second kappa shape index (κ2) is 4.96. The van der Waals surface area contributed by atoms with E-state index in [4.69, 9.17) is 0 Å². The van der Waals surface area contributed by atoms with Crippen molar-refractivity contribution in [3.63, 3.8) is 0 Å². The van der Waals surface area contributed by atoms with E-state index in [0.717, 1.165) is 13.1 Å². The van der Waals surface area contributed by atoms with Gasteiger partial charge in [0.05, 0.1) is 0 Å². The Morgan fingerprint density at radius 3 is 2.69 bits per heavy atom. The summed E-state index contributed by atoms with van der Waals surface area (Å²) in [5.41, 5.74) is 1.35. The fourth-order valence-corrected chi connectivity index (χ4v) is 2.80. The highest BCUT2D eigenvalue weighted by molar-refractivity contribution is 5.28. The van der Waals surface area contributed by atoms with Crippen LogP contribution in [0.5, 0.6) is 0 Å². The van der Waals surface area contributed by atoms with E-state index in [1.54, 1.807) is 6.07 Å². The van der Waals surface area contributed by atoms with E-state index in [-0.39, 0.29) is 11.2 Å². The van der Waals surface area contributed by atoms with Crippen molar-refractivity contribution in [3.8, 4) is 0 Å². The van der Waals surface area contributed by atoms with Crippen LogP contribution in [0.1, 0.15) is 38.2 Å². The summed E-state index contributed by atoms with van der Waals surface area (Å²) in [5, 5.41) is 3.43. The Kier molecular flexibility index (Phi) is 3.59. The Hall–Kier alpha value is -0.890. The van der Waals surface area contributed by atoms with Crippen molar-refractivity contribution < 1.29 is 4.39 Å². The Bertz CT molecular complexity index is 342. The third-order valence-corrected chi connectivity index (χ3v) is 3.71. The first kappa shape index (κ1) is 11.6. The fourth-order valence-electron chi connectivity index (χ4n) is 2.80. The van der Waals surface area contributed by atoms with Crippen molar-refractivity contribution in [2.75, 3.05) is 13.1 Å². The van der Waals surface area contributed by atoms with Gasteiger partial charge in [0.1, 0.15) is 5.82 Å². The summed E-state index contributed by atoms with van der Waals surface area (Å²) in [7, 11) is 0. The minimum absolute atomic E-state index is 0.111. The molecule has 1 aliphatic carbocycles. The molecule has 1 N–H and O–H groups in total. The largest absolute Gasteiger partial charge is 0.316 e. The van der Waals surface area contributed by atoms with Gasteiger partial charge in [-0.05, 0) is 37.1 Å². The molecule has 1 aliphatic rings. The van der Waals surface area contributed by atoms with Crippen LogP contribution in [0, 0.1) is 5.82 Å². The van der Waals surface area contributed by atoms with Gasteiger partial charge < -0.3 is 5.32 Å². The maximum Gasteiger partial charge on any atom is 0.123 e. The first-order valence-electron chi connectivity index (χ1n) is 6.24. The Balaban J connectivity index is 2.24. The summed E-state index contributed by atoms with van der Waals surface area (Å²) in [6, 6.07) is 7.14. The standard InChI is InChI=1S/C14H20FN/c1-2-16-11-14(8-3-4-9-14)12-6-5-7-13(15)10-12/h5-7,10,16H,2-4,8-9,11H2,1H3. The Morgan fingerprint density at radius 1 is 1.31 bits per heavy atom. The van der Waals surface area contributed by atoms with Gasteiger partial charge in [0.25, 0.3) is 0 Å². The number of nitrogens with one attached hydrogen (secondary N) is 1. The number of benzene rings is 1.